The van der Waals surface area contributed by atoms with E-state index in [0.29, 0.717) is 11.6 Å². The van der Waals surface area contributed by atoms with Crippen LogP contribution in [0.15, 0.2) is 41.6 Å². The number of aliphatic hydroxyl groups is 1. The zero-order valence-electron chi connectivity index (χ0n) is 18.3. The van der Waals surface area contributed by atoms with Crippen LogP contribution in [-0.4, -0.2) is 27.5 Å². The summed E-state index contributed by atoms with van der Waals surface area (Å²) in [5.41, 5.74) is 4.31. The molecule has 2 aromatic rings. The van der Waals surface area contributed by atoms with Crippen molar-refractivity contribution < 1.29 is 20.0 Å². The highest BCUT2D eigenvalue weighted by Gasteiger charge is 2.32. The number of phenolic OH excluding ortho intramolecular Hbond substituents is 1. The minimum absolute atomic E-state index is 0.0143. The predicted octanol–water partition coefficient (Wildman–Crippen LogP) is 5.21. The second-order valence-corrected chi connectivity index (χ2v) is 8.84. The van der Waals surface area contributed by atoms with Crippen LogP contribution in [0.5, 0.6) is 5.75 Å². The summed E-state index contributed by atoms with van der Waals surface area (Å²) in [6, 6.07) is 9.95. The number of hydrogen-bond donors (Lipinski definition) is 2. The van der Waals surface area contributed by atoms with E-state index in [0.717, 1.165) is 47.9 Å². The molecule has 1 saturated carbocycles. The summed E-state index contributed by atoms with van der Waals surface area (Å²) < 4.78 is 0. The Morgan fingerprint density at radius 1 is 1.26 bits per heavy atom. The number of aliphatic hydroxyl groups excluding tert-OH is 1. The lowest BCUT2D eigenvalue weighted by Gasteiger charge is -2.36. The number of oxime groups is 1. The number of nitrogens with zero attached hydrogens (tertiary/aromatic N) is 2. The Morgan fingerprint density at radius 2 is 1.90 bits per heavy atom. The number of rotatable bonds is 7. The molecule has 1 aliphatic rings. The third-order valence-electron chi connectivity index (χ3n) is 6.35. The van der Waals surface area contributed by atoms with Crippen LogP contribution < -0.4 is 0 Å². The van der Waals surface area contributed by atoms with Gasteiger partial charge in [0.2, 0.25) is 0 Å². The molecule has 0 saturated heterocycles. The van der Waals surface area contributed by atoms with Crippen LogP contribution in [-0.2, 0) is 11.4 Å². The Morgan fingerprint density at radius 3 is 2.48 bits per heavy atom. The Hall–Kier alpha value is -2.93. The molecule has 1 aliphatic carbocycles. The van der Waals surface area contributed by atoms with Crippen LogP contribution in [0.1, 0.15) is 67.7 Å². The maximum Gasteiger partial charge on any atom is 0.269 e. The molecule has 0 heterocycles. The van der Waals surface area contributed by atoms with E-state index in [-0.39, 0.29) is 30.1 Å². The van der Waals surface area contributed by atoms with Crippen LogP contribution in [0.2, 0.25) is 0 Å². The molecule has 7 heteroatoms. The van der Waals surface area contributed by atoms with Crippen LogP contribution in [0, 0.1) is 22.5 Å². The summed E-state index contributed by atoms with van der Waals surface area (Å²) in [4.78, 5) is 15.8. The van der Waals surface area contributed by atoms with E-state index >= 15 is 0 Å². The minimum Gasteiger partial charge on any atom is -0.508 e. The fraction of sp³-hybridized carbons (Fsp3) is 0.458. The van der Waals surface area contributed by atoms with Gasteiger partial charge in [0.1, 0.15) is 12.4 Å². The molecule has 0 spiro atoms. The number of hydrogen-bond acceptors (Lipinski definition) is 6. The van der Waals surface area contributed by atoms with Gasteiger partial charge in [-0.25, -0.2) is 0 Å². The molecule has 0 bridgehead atoms. The number of benzene rings is 2. The minimum atomic E-state index is -0.438. The molecule has 2 N–H and O–H groups in total. The second kappa shape index (κ2) is 9.47. The van der Waals surface area contributed by atoms with Crippen molar-refractivity contribution in [3.8, 4) is 5.75 Å². The van der Waals surface area contributed by atoms with Gasteiger partial charge >= 0.3 is 0 Å². The Labute approximate surface area is 182 Å². The molecule has 0 unspecified atom stereocenters. The average Bonchev–Trinajstić information content (AvgIpc) is 2.76. The lowest BCUT2D eigenvalue weighted by Crippen LogP contribution is -2.27. The summed E-state index contributed by atoms with van der Waals surface area (Å²) in [6.07, 6.45) is 3.87. The van der Waals surface area contributed by atoms with Gasteiger partial charge in [0.15, 0.2) is 0 Å². The van der Waals surface area contributed by atoms with Crippen LogP contribution >= 0.6 is 0 Å². The number of nitro groups is 1. The Kier molecular flexibility index (Phi) is 6.95. The molecule has 0 radical (unpaired) electrons. The fourth-order valence-electron chi connectivity index (χ4n) is 4.12. The first-order valence-electron chi connectivity index (χ1n) is 10.6. The molecule has 3 rings (SSSR count). The average molecular weight is 427 g/mol. The van der Waals surface area contributed by atoms with Crippen molar-refractivity contribution in [2.24, 2.45) is 10.6 Å². The maximum absolute atomic E-state index is 10.8. The monoisotopic (exact) mass is 426 g/mol. The summed E-state index contributed by atoms with van der Waals surface area (Å²) in [7, 11) is 0. The topological polar surface area (TPSA) is 105 Å². The van der Waals surface area contributed by atoms with Gasteiger partial charge < -0.3 is 15.1 Å². The Balaban J connectivity index is 1.76. The van der Waals surface area contributed by atoms with Gasteiger partial charge in [-0.3, -0.25) is 10.1 Å². The van der Waals surface area contributed by atoms with Crippen molar-refractivity contribution in [3.05, 3.63) is 68.8 Å². The van der Waals surface area contributed by atoms with Crippen molar-refractivity contribution in [2.45, 2.75) is 59.0 Å². The van der Waals surface area contributed by atoms with Crippen molar-refractivity contribution in [1.82, 2.24) is 0 Å². The largest absolute Gasteiger partial charge is 0.508 e. The molecular formula is C24H30N2O5. The predicted molar refractivity (Wildman–Crippen MR) is 119 cm³/mol. The normalized spacial score (nSPS) is 21.7. The van der Waals surface area contributed by atoms with E-state index in [1.165, 1.54) is 12.1 Å². The fourth-order valence-corrected chi connectivity index (χ4v) is 4.12. The van der Waals surface area contributed by atoms with E-state index in [1.807, 2.05) is 19.9 Å². The summed E-state index contributed by atoms with van der Waals surface area (Å²) in [6.45, 7) is 6.27. The molecular weight excluding hydrogens is 396 g/mol. The van der Waals surface area contributed by atoms with Crippen LogP contribution in [0.4, 0.5) is 5.69 Å². The SMILES string of the molecule is CC(=NOCc1ccc([N+](=O)[O-])cc1)c1cc(O)c(C)cc1C1CCC(C)(CO)CC1. The quantitative estimate of drug-likeness (QED) is 0.359. The molecule has 31 heavy (non-hydrogen) atoms. The Bertz CT molecular complexity index is 961. The zero-order chi connectivity index (χ0) is 22.6. The number of nitro benzene ring substituents is 1. The van der Waals surface area contributed by atoms with Crippen LogP contribution in [0.3, 0.4) is 0 Å². The van der Waals surface area contributed by atoms with E-state index in [9.17, 15) is 20.3 Å². The molecule has 0 atom stereocenters. The first-order chi connectivity index (χ1) is 14.7. The first-order valence-corrected chi connectivity index (χ1v) is 10.6. The second-order valence-electron chi connectivity index (χ2n) is 8.84. The van der Waals surface area contributed by atoms with Gasteiger partial charge in [0.05, 0.1) is 10.6 Å². The summed E-state index contributed by atoms with van der Waals surface area (Å²) >= 11 is 0. The lowest BCUT2D eigenvalue weighted by atomic mass is 9.69. The highest BCUT2D eigenvalue weighted by molar-refractivity contribution is 6.00. The highest BCUT2D eigenvalue weighted by atomic mass is 16.6. The first kappa shape index (κ1) is 22.7. The van der Waals surface area contributed by atoms with Crippen molar-refractivity contribution in [2.75, 3.05) is 6.61 Å². The van der Waals surface area contributed by atoms with E-state index < -0.39 is 4.92 Å². The number of aryl methyl sites for hydroxylation is 1. The number of non-ortho nitro benzene ring substituents is 1. The van der Waals surface area contributed by atoms with Gasteiger partial charge in [0.25, 0.3) is 5.69 Å². The number of aromatic hydroxyl groups is 1. The van der Waals surface area contributed by atoms with E-state index in [1.54, 1.807) is 18.2 Å². The van der Waals surface area contributed by atoms with Gasteiger partial charge in [0, 0.05) is 24.3 Å². The summed E-state index contributed by atoms with van der Waals surface area (Å²) in [5.74, 6) is 0.563. The number of phenols is 1. The standard InChI is InChI=1S/C24H30N2O5/c1-16-12-22(19-8-10-24(3,15-27)11-9-19)21(13-23(16)28)17(2)25-31-14-18-4-6-20(7-5-18)26(29)30/h4-7,12-13,19,27-28H,8-11,14-15H2,1-3H3. The molecule has 1 fully saturated rings. The van der Waals surface area contributed by atoms with Gasteiger partial charge in [-0.15, -0.1) is 0 Å². The third-order valence-corrected chi connectivity index (χ3v) is 6.35. The molecule has 7 nitrogen and oxygen atoms in total. The highest BCUT2D eigenvalue weighted by Crippen LogP contribution is 2.44. The maximum atomic E-state index is 10.8. The molecule has 166 valence electrons. The smallest absolute Gasteiger partial charge is 0.269 e. The van der Waals surface area contributed by atoms with E-state index in [2.05, 4.69) is 12.1 Å². The lowest BCUT2D eigenvalue weighted by molar-refractivity contribution is -0.384. The van der Waals surface area contributed by atoms with Crippen LogP contribution in [0.25, 0.3) is 0 Å². The van der Waals surface area contributed by atoms with Gasteiger partial charge in [-0.1, -0.05) is 18.1 Å². The van der Waals surface area contributed by atoms with Crippen molar-refractivity contribution in [3.63, 3.8) is 0 Å². The summed E-state index contributed by atoms with van der Waals surface area (Å²) in [5, 5.41) is 35.0. The molecule has 2 aromatic carbocycles. The molecule has 0 amide bonds. The zero-order valence-corrected chi connectivity index (χ0v) is 18.3. The van der Waals surface area contributed by atoms with Crippen molar-refractivity contribution >= 4 is 11.4 Å². The molecule has 0 aromatic heterocycles. The van der Waals surface area contributed by atoms with Crippen molar-refractivity contribution in [1.29, 1.82) is 0 Å². The van der Waals surface area contributed by atoms with Gasteiger partial charge in [-0.05, 0) is 85.8 Å². The van der Waals surface area contributed by atoms with Gasteiger partial charge in [-0.2, -0.15) is 0 Å². The third kappa shape index (κ3) is 5.41. The molecule has 0 aliphatic heterocycles. The van der Waals surface area contributed by atoms with E-state index in [4.69, 9.17) is 4.84 Å².